The molecule has 1 N–H and O–H groups in total. The van der Waals surface area contributed by atoms with Crippen LogP contribution in [-0.2, 0) is 13.0 Å². The molecule has 0 heterocycles. The molecule has 1 aliphatic carbocycles. The van der Waals surface area contributed by atoms with E-state index in [1.807, 2.05) is 0 Å². The van der Waals surface area contributed by atoms with E-state index in [4.69, 9.17) is 0 Å². The summed E-state index contributed by atoms with van der Waals surface area (Å²) in [6.07, 6.45) is 6.60. The first-order valence-electron chi connectivity index (χ1n) is 8.48. The summed E-state index contributed by atoms with van der Waals surface area (Å²) in [5.41, 5.74) is 3.24. The molecule has 1 aromatic carbocycles. The summed E-state index contributed by atoms with van der Waals surface area (Å²) in [6.45, 7) is 6.64. The molecule has 0 saturated heterocycles. The van der Waals surface area contributed by atoms with Crippen molar-refractivity contribution in [2.24, 2.45) is 5.92 Å². The van der Waals surface area contributed by atoms with Gasteiger partial charge >= 0.3 is 0 Å². The molecule has 0 aromatic heterocycles. The van der Waals surface area contributed by atoms with Gasteiger partial charge in [-0.25, -0.2) is 0 Å². The van der Waals surface area contributed by atoms with Crippen LogP contribution in [0, 0.1) is 5.92 Å². The normalized spacial score (nSPS) is 17.8. The van der Waals surface area contributed by atoms with Gasteiger partial charge in [0.1, 0.15) is 0 Å². The van der Waals surface area contributed by atoms with Crippen molar-refractivity contribution >= 4 is 0 Å². The van der Waals surface area contributed by atoms with Gasteiger partial charge in [0.2, 0.25) is 0 Å². The quantitative estimate of drug-likeness (QED) is 0.820. The van der Waals surface area contributed by atoms with Gasteiger partial charge in [0.05, 0.1) is 0 Å². The first kappa shape index (κ1) is 16.5. The lowest BCUT2D eigenvalue weighted by Gasteiger charge is -2.36. The SMILES string of the molecule is CC(C)Cc1ccc(CNCC2(N(C)C)CCCC2)cc1. The van der Waals surface area contributed by atoms with Crippen LogP contribution in [0.2, 0.25) is 0 Å². The Labute approximate surface area is 130 Å². The lowest BCUT2D eigenvalue weighted by Crippen LogP contribution is -2.49. The molecule has 0 aliphatic heterocycles. The van der Waals surface area contributed by atoms with E-state index in [0.717, 1.165) is 19.0 Å². The Morgan fingerprint density at radius 2 is 1.62 bits per heavy atom. The number of rotatable bonds is 7. The summed E-state index contributed by atoms with van der Waals surface area (Å²) < 4.78 is 0. The molecule has 118 valence electrons. The smallest absolute Gasteiger partial charge is 0.0328 e. The lowest BCUT2D eigenvalue weighted by atomic mass is 9.96. The maximum absolute atomic E-state index is 3.68. The molecule has 2 nitrogen and oxygen atoms in total. The molecule has 0 amide bonds. The fourth-order valence-electron chi connectivity index (χ4n) is 3.52. The second-order valence-electron chi connectivity index (χ2n) is 7.34. The Balaban J connectivity index is 1.83. The second kappa shape index (κ2) is 7.42. The van der Waals surface area contributed by atoms with Gasteiger partial charge in [-0.15, -0.1) is 0 Å². The monoisotopic (exact) mass is 288 g/mol. The summed E-state index contributed by atoms with van der Waals surface area (Å²) in [7, 11) is 4.46. The van der Waals surface area contributed by atoms with E-state index in [-0.39, 0.29) is 0 Å². The minimum atomic E-state index is 0.386. The summed E-state index contributed by atoms with van der Waals surface area (Å²) in [6, 6.07) is 9.13. The Kier molecular flexibility index (Phi) is 5.83. The van der Waals surface area contributed by atoms with E-state index in [2.05, 4.69) is 62.4 Å². The number of likely N-dealkylation sites (N-methyl/N-ethyl adjacent to an activating group) is 1. The fourth-order valence-corrected chi connectivity index (χ4v) is 3.52. The van der Waals surface area contributed by atoms with Crippen LogP contribution < -0.4 is 5.32 Å². The van der Waals surface area contributed by atoms with Gasteiger partial charge < -0.3 is 10.2 Å². The summed E-state index contributed by atoms with van der Waals surface area (Å²) in [5, 5.41) is 3.68. The number of nitrogens with one attached hydrogen (secondary N) is 1. The van der Waals surface area contributed by atoms with Crippen molar-refractivity contribution in [3.63, 3.8) is 0 Å². The van der Waals surface area contributed by atoms with Gasteiger partial charge in [0.25, 0.3) is 0 Å². The van der Waals surface area contributed by atoms with Gasteiger partial charge in [0.15, 0.2) is 0 Å². The molecule has 0 bridgehead atoms. The Morgan fingerprint density at radius 1 is 1.05 bits per heavy atom. The highest BCUT2D eigenvalue weighted by Crippen LogP contribution is 2.33. The average Bonchev–Trinajstić information content (AvgIpc) is 2.90. The fraction of sp³-hybridized carbons (Fsp3) is 0.684. The van der Waals surface area contributed by atoms with Crippen LogP contribution in [0.5, 0.6) is 0 Å². The third-order valence-corrected chi connectivity index (χ3v) is 4.93. The van der Waals surface area contributed by atoms with Gasteiger partial charge in [-0.2, -0.15) is 0 Å². The minimum absolute atomic E-state index is 0.386. The topological polar surface area (TPSA) is 15.3 Å². The zero-order valence-electron chi connectivity index (χ0n) is 14.3. The van der Waals surface area contributed by atoms with Crippen molar-refractivity contribution in [3.05, 3.63) is 35.4 Å². The predicted molar refractivity (Wildman–Crippen MR) is 91.6 cm³/mol. The summed E-state index contributed by atoms with van der Waals surface area (Å²) in [4.78, 5) is 2.43. The molecule has 21 heavy (non-hydrogen) atoms. The van der Waals surface area contributed by atoms with Gasteiger partial charge in [0, 0.05) is 18.6 Å². The van der Waals surface area contributed by atoms with Crippen molar-refractivity contribution in [1.29, 1.82) is 0 Å². The van der Waals surface area contributed by atoms with E-state index in [1.54, 1.807) is 0 Å². The second-order valence-corrected chi connectivity index (χ2v) is 7.34. The van der Waals surface area contributed by atoms with Crippen LogP contribution in [0.3, 0.4) is 0 Å². The molecular formula is C19H32N2. The Bertz CT molecular complexity index is 414. The van der Waals surface area contributed by atoms with Gasteiger partial charge in [-0.1, -0.05) is 51.0 Å². The molecule has 2 heteroatoms. The van der Waals surface area contributed by atoms with Crippen molar-refractivity contribution in [2.75, 3.05) is 20.6 Å². The molecular weight excluding hydrogens is 256 g/mol. The molecule has 1 saturated carbocycles. The van der Waals surface area contributed by atoms with E-state index < -0.39 is 0 Å². The van der Waals surface area contributed by atoms with Crippen LogP contribution in [0.25, 0.3) is 0 Å². The van der Waals surface area contributed by atoms with Gasteiger partial charge in [-0.05, 0) is 50.4 Å². The third kappa shape index (κ3) is 4.55. The van der Waals surface area contributed by atoms with Gasteiger partial charge in [-0.3, -0.25) is 0 Å². The van der Waals surface area contributed by atoms with Crippen LogP contribution in [0.15, 0.2) is 24.3 Å². The molecule has 1 fully saturated rings. The third-order valence-electron chi connectivity index (χ3n) is 4.93. The number of hydrogen-bond donors (Lipinski definition) is 1. The zero-order chi connectivity index (χ0) is 15.3. The summed E-state index contributed by atoms with van der Waals surface area (Å²) >= 11 is 0. The van der Waals surface area contributed by atoms with E-state index >= 15 is 0 Å². The number of nitrogens with zero attached hydrogens (tertiary/aromatic N) is 1. The van der Waals surface area contributed by atoms with Crippen molar-refractivity contribution in [2.45, 2.75) is 58.0 Å². The van der Waals surface area contributed by atoms with Crippen LogP contribution in [0.1, 0.15) is 50.7 Å². The van der Waals surface area contributed by atoms with E-state index in [1.165, 1.54) is 43.2 Å². The maximum Gasteiger partial charge on any atom is 0.0328 e. The van der Waals surface area contributed by atoms with Crippen molar-refractivity contribution < 1.29 is 0 Å². The molecule has 1 aliphatic rings. The Morgan fingerprint density at radius 3 is 2.14 bits per heavy atom. The minimum Gasteiger partial charge on any atom is -0.311 e. The highest BCUT2D eigenvalue weighted by Gasteiger charge is 2.35. The molecule has 0 atom stereocenters. The van der Waals surface area contributed by atoms with Crippen LogP contribution in [-0.4, -0.2) is 31.1 Å². The molecule has 0 unspecified atom stereocenters. The van der Waals surface area contributed by atoms with E-state index in [9.17, 15) is 0 Å². The first-order valence-corrected chi connectivity index (χ1v) is 8.48. The predicted octanol–water partition coefficient (Wildman–Crippen LogP) is 3.85. The standard InChI is InChI=1S/C19H32N2/c1-16(2)13-17-7-9-18(10-8-17)14-20-15-19(21(3)4)11-5-6-12-19/h7-10,16,20H,5-6,11-15H2,1-4H3. The molecule has 2 rings (SSSR count). The Hall–Kier alpha value is -0.860. The molecule has 1 aromatic rings. The van der Waals surface area contributed by atoms with E-state index in [0.29, 0.717) is 5.54 Å². The highest BCUT2D eigenvalue weighted by molar-refractivity contribution is 5.22. The highest BCUT2D eigenvalue weighted by atomic mass is 15.2. The van der Waals surface area contributed by atoms with Crippen molar-refractivity contribution in [3.8, 4) is 0 Å². The van der Waals surface area contributed by atoms with Crippen LogP contribution >= 0.6 is 0 Å². The number of hydrogen-bond acceptors (Lipinski definition) is 2. The van der Waals surface area contributed by atoms with Crippen LogP contribution in [0.4, 0.5) is 0 Å². The molecule has 0 spiro atoms. The largest absolute Gasteiger partial charge is 0.311 e. The zero-order valence-corrected chi connectivity index (χ0v) is 14.3. The van der Waals surface area contributed by atoms with Crippen molar-refractivity contribution in [1.82, 2.24) is 10.2 Å². The number of benzene rings is 1. The maximum atomic E-state index is 3.68. The first-order chi connectivity index (χ1) is 10.0. The summed E-state index contributed by atoms with van der Waals surface area (Å²) in [5.74, 6) is 0.733. The molecule has 0 radical (unpaired) electrons. The average molecular weight is 288 g/mol. The lowest BCUT2D eigenvalue weighted by molar-refractivity contribution is 0.153.